The van der Waals surface area contributed by atoms with Gasteiger partial charge in [-0.05, 0) is 23.6 Å². The number of halogens is 2. The van der Waals surface area contributed by atoms with Gasteiger partial charge in [0.1, 0.15) is 17.4 Å². The Hall–Kier alpha value is -3.89. The number of nitrogens with two attached hydrogens (primary N) is 1. The number of nitrogen functional groups attached to an aromatic ring is 1. The molecule has 2 amide bonds. The van der Waals surface area contributed by atoms with Crippen LogP contribution in [0, 0.1) is 0 Å². The van der Waals surface area contributed by atoms with E-state index in [1.165, 1.54) is 17.1 Å². The Kier molecular flexibility index (Phi) is 7.58. The van der Waals surface area contributed by atoms with Crippen LogP contribution < -0.4 is 15.6 Å². The highest BCUT2D eigenvalue weighted by Crippen LogP contribution is 2.39. The van der Waals surface area contributed by atoms with Gasteiger partial charge in [-0.2, -0.15) is 13.3 Å². The van der Waals surface area contributed by atoms with Gasteiger partial charge in [0.25, 0.3) is 11.8 Å². The number of thiophene rings is 1. The largest absolute Gasteiger partial charge is 0.477 e. The number of anilines is 1. The maximum Gasteiger partial charge on any atom is 0.407 e. The van der Waals surface area contributed by atoms with Gasteiger partial charge in [0, 0.05) is 28.2 Å². The number of carbonyl (C=O) groups excluding carboxylic acids is 2. The first-order chi connectivity index (χ1) is 18.7. The number of hydrogen-bond acceptors (Lipinski definition) is 10. The Morgan fingerprint density at radius 2 is 2.21 bits per heavy atom. The quantitative estimate of drug-likeness (QED) is 0.148. The van der Waals surface area contributed by atoms with Crippen molar-refractivity contribution in [2.24, 2.45) is 5.16 Å². The molecule has 0 aliphatic carbocycles. The molecular formula is C23H19F2N6O5S3+. The number of fused-ring (bicyclic) bond motifs is 2. The minimum atomic E-state index is -3.29. The van der Waals surface area contributed by atoms with E-state index >= 15 is 0 Å². The Morgan fingerprint density at radius 1 is 1.38 bits per heavy atom. The van der Waals surface area contributed by atoms with Crippen LogP contribution in [0.2, 0.25) is 0 Å². The molecule has 0 aromatic carbocycles. The molecule has 11 nitrogen and oxygen atoms in total. The van der Waals surface area contributed by atoms with Crippen molar-refractivity contribution in [3.8, 4) is 0 Å². The van der Waals surface area contributed by atoms with E-state index in [1.54, 1.807) is 17.4 Å². The summed E-state index contributed by atoms with van der Waals surface area (Å²) in [6.45, 7) is -2.80. The zero-order valence-corrected chi connectivity index (χ0v) is 22.1. The summed E-state index contributed by atoms with van der Waals surface area (Å²) in [5, 5.41) is 18.9. The SMILES string of the molecule is Nc1nc(C(=NOC(F)F)C(=O)N[C@@H]2C(=O)N3C(C(=O)O)=C(/C=C/C[n+]4cccc5sccc54)SC[C@H]23)cs1. The van der Waals surface area contributed by atoms with Crippen molar-refractivity contribution in [1.29, 1.82) is 0 Å². The molecule has 1 saturated heterocycles. The van der Waals surface area contributed by atoms with E-state index in [0.29, 0.717) is 17.2 Å². The van der Waals surface area contributed by atoms with Gasteiger partial charge in [0.05, 0.1) is 10.7 Å². The number of allylic oxidation sites excluding steroid dienone is 2. The normalized spacial score (nSPS) is 19.5. The number of aliphatic carboxylic acids is 1. The predicted molar refractivity (Wildman–Crippen MR) is 141 cm³/mol. The smallest absolute Gasteiger partial charge is 0.407 e. The number of amides is 2. The number of nitrogens with one attached hydrogen (secondary N) is 1. The van der Waals surface area contributed by atoms with Crippen molar-refractivity contribution < 1.29 is 37.7 Å². The average Bonchev–Trinajstić information content (AvgIpc) is 3.56. The first kappa shape index (κ1) is 26.7. The second-order valence-corrected chi connectivity index (χ2v) is 11.1. The Bertz CT molecular complexity index is 1550. The molecule has 0 spiro atoms. The van der Waals surface area contributed by atoms with Crippen LogP contribution in [0.4, 0.5) is 13.9 Å². The molecule has 39 heavy (non-hydrogen) atoms. The highest BCUT2D eigenvalue weighted by molar-refractivity contribution is 8.03. The lowest BCUT2D eigenvalue weighted by molar-refractivity contribution is -0.660. The molecule has 0 saturated carbocycles. The lowest BCUT2D eigenvalue weighted by Crippen LogP contribution is -2.73. The molecule has 1 fully saturated rings. The van der Waals surface area contributed by atoms with E-state index in [1.807, 2.05) is 40.4 Å². The van der Waals surface area contributed by atoms with Gasteiger partial charge >= 0.3 is 12.6 Å². The molecule has 0 bridgehead atoms. The van der Waals surface area contributed by atoms with Crippen LogP contribution >= 0.6 is 34.4 Å². The minimum absolute atomic E-state index is 0.0688. The fraction of sp³-hybridized carbons (Fsp3) is 0.217. The molecule has 4 N–H and O–H groups in total. The molecule has 2 atom stereocenters. The van der Waals surface area contributed by atoms with E-state index in [-0.39, 0.29) is 16.5 Å². The average molecular weight is 594 g/mol. The summed E-state index contributed by atoms with van der Waals surface area (Å²) >= 11 is 3.81. The van der Waals surface area contributed by atoms with Crippen LogP contribution in [0.1, 0.15) is 5.69 Å². The van der Waals surface area contributed by atoms with Gasteiger partial charge in [0.15, 0.2) is 23.6 Å². The Labute approximate surface area is 231 Å². The number of aromatic nitrogens is 2. The second-order valence-electron chi connectivity index (χ2n) is 8.17. The molecule has 2 aliphatic heterocycles. The molecule has 3 aromatic rings. The van der Waals surface area contributed by atoms with Gasteiger partial charge in [-0.25, -0.2) is 9.78 Å². The molecule has 5 heterocycles. The van der Waals surface area contributed by atoms with E-state index in [0.717, 1.165) is 26.5 Å². The van der Waals surface area contributed by atoms with Crippen molar-refractivity contribution in [3.63, 3.8) is 0 Å². The summed E-state index contributed by atoms with van der Waals surface area (Å²) in [4.78, 5) is 47.3. The van der Waals surface area contributed by atoms with Crippen molar-refractivity contribution in [2.75, 3.05) is 11.5 Å². The third kappa shape index (κ3) is 5.35. The van der Waals surface area contributed by atoms with Crippen molar-refractivity contribution in [3.05, 3.63) is 63.6 Å². The topological polar surface area (TPSA) is 151 Å². The number of oxime groups is 1. The van der Waals surface area contributed by atoms with Crippen molar-refractivity contribution >= 4 is 73.3 Å². The summed E-state index contributed by atoms with van der Waals surface area (Å²) in [5.74, 6) is -2.64. The lowest BCUT2D eigenvalue weighted by atomic mass is 9.94. The summed E-state index contributed by atoms with van der Waals surface area (Å²) in [7, 11) is 0. The number of pyridine rings is 1. The van der Waals surface area contributed by atoms with Gasteiger partial charge in [-0.3, -0.25) is 14.5 Å². The lowest BCUT2D eigenvalue weighted by Gasteiger charge is -2.49. The zero-order valence-electron chi connectivity index (χ0n) is 19.7. The van der Waals surface area contributed by atoms with E-state index in [2.05, 4.69) is 20.3 Å². The monoisotopic (exact) mass is 593 g/mol. The first-order valence-electron chi connectivity index (χ1n) is 11.2. The molecular weight excluding hydrogens is 574 g/mol. The Morgan fingerprint density at radius 3 is 2.92 bits per heavy atom. The number of carbonyl (C=O) groups is 3. The van der Waals surface area contributed by atoms with Crippen LogP contribution in [-0.4, -0.2) is 62.9 Å². The predicted octanol–water partition coefficient (Wildman–Crippen LogP) is 2.17. The fourth-order valence-corrected chi connectivity index (χ4v) is 6.73. The number of rotatable bonds is 9. The van der Waals surface area contributed by atoms with Gasteiger partial charge < -0.3 is 21.0 Å². The second kappa shape index (κ2) is 11.1. The molecule has 0 unspecified atom stereocenters. The summed E-state index contributed by atoms with van der Waals surface area (Å²) in [6.07, 6.45) is 5.41. The van der Waals surface area contributed by atoms with E-state index < -0.39 is 42.2 Å². The highest BCUT2D eigenvalue weighted by Gasteiger charge is 2.54. The summed E-state index contributed by atoms with van der Waals surface area (Å²) in [6, 6.07) is 4.19. The minimum Gasteiger partial charge on any atom is -0.477 e. The number of thiazole rings is 1. The van der Waals surface area contributed by atoms with Crippen molar-refractivity contribution in [2.45, 2.75) is 25.2 Å². The number of β-lactam (4-membered cyclic amide) rings is 1. The number of hydrogen-bond donors (Lipinski definition) is 3. The number of carboxylic acids is 1. The van der Waals surface area contributed by atoms with Crippen LogP contribution in [0.3, 0.4) is 0 Å². The fourth-order valence-electron chi connectivity index (χ4n) is 4.17. The summed E-state index contributed by atoms with van der Waals surface area (Å²) in [5.41, 5.74) is 5.73. The number of alkyl halides is 2. The van der Waals surface area contributed by atoms with Crippen LogP contribution in [0.15, 0.2) is 63.1 Å². The standard InChI is InChI=1S/C23H18F2N6O5S3/c24-22(25)36-29-16(11-9-39-23(26)27-11)19(32)28-17-13-10-38-15(18(21(34)35)31(13)20(17)33)4-2-7-30-6-1-3-14-12(30)5-8-37-14/h1-6,8-9,13,17,22H,7,10H2,(H3-,26,27,28,32,34,35)/p+1/b4-2+,29-16?/t13-,17+/m1/s1. The zero-order chi connectivity index (χ0) is 27.7. The number of nitrogens with zero attached hydrogens (tertiary/aromatic N) is 4. The maximum absolute atomic E-state index is 13.0. The highest BCUT2D eigenvalue weighted by atomic mass is 32.2. The molecule has 2 aliphatic rings. The van der Waals surface area contributed by atoms with Crippen molar-refractivity contribution in [1.82, 2.24) is 15.2 Å². The third-order valence-corrected chi connectivity index (χ3v) is 8.56. The van der Waals surface area contributed by atoms with E-state index in [9.17, 15) is 28.3 Å². The van der Waals surface area contributed by atoms with E-state index in [4.69, 9.17) is 5.73 Å². The maximum atomic E-state index is 13.0. The molecule has 16 heteroatoms. The molecule has 3 aromatic heterocycles. The molecule has 0 radical (unpaired) electrons. The molecule has 5 rings (SSSR count). The van der Waals surface area contributed by atoms with Gasteiger partial charge in [0.2, 0.25) is 5.52 Å². The van der Waals surface area contributed by atoms with Gasteiger partial charge in [-0.1, -0.05) is 5.16 Å². The number of carboxylic acid groups (broad SMARTS) is 1. The summed E-state index contributed by atoms with van der Waals surface area (Å²) < 4.78 is 28.3. The number of thioether (sulfide) groups is 1. The van der Waals surface area contributed by atoms with Crippen LogP contribution in [0.25, 0.3) is 10.2 Å². The Balaban J connectivity index is 1.32. The van der Waals surface area contributed by atoms with Crippen LogP contribution in [-0.2, 0) is 25.8 Å². The van der Waals surface area contributed by atoms with Gasteiger partial charge in [-0.15, -0.1) is 34.4 Å². The third-order valence-electron chi connectivity index (χ3n) is 5.86. The first-order valence-corrected chi connectivity index (χ1v) is 14.0. The molecule has 202 valence electrons. The van der Waals surface area contributed by atoms with Crippen LogP contribution in [0.5, 0.6) is 0 Å².